The summed E-state index contributed by atoms with van der Waals surface area (Å²) in [5, 5.41) is 0. The summed E-state index contributed by atoms with van der Waals surface area (Å²) in [6, 6.07) is 0. The molecule has 0 aliphatic heterocycles. The van der Waals surface area contributed by atoms with Crippen molar-refractivity contribution < 1.29 is 9.47 Å². The fourth-order valence-corrected chi connectivity index (χ4v) is 3.23. The average molecular weight is 198 g/mol. The second-order valence-electron chi connectivity index (χ2n) is 4.86. The van der Waals surface area contributed by atoms with E-state index in [-0.39, 0.29) is 0 Å². The monoisotopic (exact) mass is 198 g/mol. The van der Waals surface area contributed by atoms with E-state index in [9.17, 15) is 0 Å². The van der Waals surface area contributed by atoms with E-state index < -0.39 is 0 Å². The van der Waals surface area contributed by atoms with E-state index in [2.05, 4.69) is 0 Å². The third kappa shape index (κ3) is 2.12. The largest absolute Gasteiger partial charge is 0.381 e. The van der Waals surface area contributed by atoms with Gasteiger partial charge >= 0.3 is 0 Å². The van der Waals surface area contributed by atoms with Gasteiger partial charge in [0.25, 0.3) is 0 Å². The van der Waals surface area contributed by atoms with Crippen molar-refractivity contribution in [3.63, 3.8) is 0 Å². The molecular weight excluding hydrogens is 176 g/mol. The van der Waals surface area contributed by atoms with E-state index >= 15 is 0 Å². The second-order valence-corrected chi connectivity index (χ2v) is 4.86. The molecule has 2 rings (SSSR count). The van der Waals surface area contributed by atoms with E-state index in [1.807, 2.05) is 14.2 Å². The zero-order valence-corrected chi connectivity index (χ0v) is 9.37. The van der Waals surface area contributed by atoms with Crippen LogP contribution in [0.15, 0.2) is 0 Å². The second kappa shape index (κ2) is 4.63. The van der Waals surface area contributed by atoms with Crippen molar-refractivity contribution in [3.8, 4) is 0 Å². The third-order valence-electron chi connectivity index (χ3n) is 4.18. The molecule has 0 aromatic carbocycles. The quantitative estimate of drug-likeness (QED) is 0.679. The third-order valence-corrected chi connectivity index (χ3v) is 4.18. The average Bonchev–Trinajstić information content (AvgIpc) is 2.27. The van der Waals surface area contributed by atoms with Crippen molar-refractivity contribution in [2.24, 2.45) is 11.8 Å². The SMILES string of the molecule is COC1CC[C@H]2CC(OC)CCC2C1. The van der Waals surface area contributed by atoms with Gasteiger partial charge in [-0.25, -0.2) is 0 Å². The molecule has 0 bridgehead atoms. The molecule has 2 saturated carbocycles. The topological polar surface area (TPSA) is 18.5 Å². The van der Waals surface area contributed by atoms with E-state index in [1.54, 1.807) is 0 Å². The highest BCUT2D eigenvalue weighted by Crippen LogP contribution is 2.41. The van der Waals surface area contributed by atoms with Crippen LogP contribution < -0.4 is 0 Å². The van der Waals surface area contributed by atoms with E-state index in [0.717, 1.165) is 11.8 Å². The molecule has 0 saturated heterocycles. The predicted molar refractivity (Wildman–Crippen MR) is 56.3 cm³/mol. The lowest BCUT2D eigenvalue weighted by Gasteiger charge is -2.41. The lowest BCUT2D eigenvalue weighted by molar-refractivity contribution is -0.0259. The van der Waals surface area contributed by atoms with Crippen LogP contribution in [0.25, 0.3) is 0 Å². The molecule has 0 aromatic heterocycles. The van der Waals surface area contributed by atoms with Gasteiger partial charge in [-0.3, -0.25) is 0 Å². The van der Waals surface area contributed by atoms with E-state index in [1.165, 1.54) is 38.5 Å². The van der Waals surface area contributed by atoms with Crippen molar-refractivity contribution in [2.75, 3.05) is 14.2 Å². The first-order valence-electron chi connectivity index (χ1n) is 5.89. The minimum atomic E-state index is 0.537. The molecule has 0 spiro atoms. The number of hydrogen-bond acceptors (Lipinski definition) is 2. The Balaban J connectivity index is 1.88. The maximum atomic E-state index is 5.46. The lowest BCUT2D eigenvalue weighted by atomic mass is 9.69. The van der Waals surface area contributed by atoms with Crippen LogP contribution in [0.5, 0.6) is 0 Å². The molecule has 3 unspecified atom stereocenters. The summed E-state index contributed by atoms with van der Waals surface area (Å²) >= 11 is 0. The normalized spacial score (nSPS) is 43.3. The molecule has 0 radical (unpaired) electrons. The summed E-state index contributed by atoms with van der Waals surface area (Å²) in [5.41, 5.74) is 0. The first-order chi connectivity index (χ1) is 6.83. The molecule has 82 valence electrons. The van der Waals surface area contributed by atoms with Gasteiger partial charge in [-0.15, -0.1) is 0 Å². The van der Waals surface area contributed by atoms with Crippen LogP contribution in [0.3, 0.4) is 0 Å². The van der Waals surface area contributed by atoms with Crippen LogP contribution in [0.1, 0.15) is 38.5 Å². The van der Waals surface area contributed by atoms with Gasteiger partial charge in [0, 0.05) is 14.2 Å². The van der Waals surface area contributed by atoms with E-state index in [0.29, 0.717) is 12.2 Å². The van der Waals surface area contributed by atoms with Crippen molar-refractivity contribution in [3.05, 3.63) is 0 Å². The molecule has 0 N–H and O–H groups in total. The van der Waals surface area contributed by atoms with Crippen molar-refractivity contribution in [2.45, 2.75) is 50.7 Å². The molecule has 0 aromatic rings. The molecule has 2 nitrogen and oxygen atoms in total. The maximum absolute atomic E-state index is 5.46. The highest BCUT2D eigenvalue weighted by Gasteiger charge is 2.35. The summed E-state index contributed by atoms with van der Waals surface area (Å²) in [4.78, 5) is 0. The summed E-state index contributed by atoms with van der Waals surface area (Å²) in [5.74, 6) is 1.83. The zero-order valence-electron chi connectivity index (χ0n) is 9.37. The van der Waals surface area contributed by atoms with Gasteiger partial charge in [-0.05, 0) is 50.4 Å². The summed E-state index contributed by atoms with van der Waals surface area (Å²) in [6.07, 6.45) is 8.87. The first-order valence-corrected chi connectivity index (χ1v) is 5.89. The Morgan fingerprint density at radius 3 is 1.50 bits per heavy atom. The predicted octanol–water partition coefficient (Wildman–Crippen LogP) is 2.62. The number of methoxy groups -OCH3 is 2. The van der Waals surface area contributed by atoms with Crippen molar-refractivity contribution >= 4 is 0 Å². The molecule has 2 aliphatic carbocycles. The summed E-state index contributed by atoms with van der Waals surface area (Å²) < 4.78 is 10.9. The molecule has 0 amide bonds. The Bertz CT molecular complexity index is 161. The maximum Gasteiger partial charge on any atom is 0.0574 e. The lowest BCUT2D eigenvalue weighted by Crippen LogP contribution is -2.35. The minimum absolute atomic E-state index is 0.537. The zero-order chi connectivity index (χ0) is 9.97. The fourth-order valence-electron chi connectivity index (χ4n) is 3.23. The molecule has 0 heterocycles. The van der Waals surface area contributed by atoms with Gasteiger partial charge in [0.15, 0.2) is 0 Å². The van der Waals surface area contributed by atoms with Crippen LogP contribution in [-0.2, 0) is 9.47 Å². The minimum Gasteiger partial charge on any atom is -0.381 e. The Kier molecular flexibility index (Phi) is 3.45. The molecule has 2 aliphatic rings. The van der Waals surface area contributed by atoms with E-state index in [4.69, 9.17) is 9.47 Å². The van der Waals surface area contributed by atoms with Gasteiger partial charge in [0.2, 0.25) is 0 Å². The van der Waals surface area contributed by atoms with Crippen molar-refractivity contribution in [1.82, 2.24) is 0 Å². The highest BCUT2D eigenvalue weighted by molar-refractivity contribution is 4.86. The Labute approximate surface area is 87.0 Å². The molecule has 14 heavy (non-hydrogen) atoms. The van der Waals surface area contributed by atoms with Crippen LogP contribution in [-0.4, -0.2) is 26.4 Å². The van der Waals surface area contributed by atoms with Gasteiger partial charge < -0.3 is 9.47 Å². The van der Waals surface area contributed by atoms with Gasteiger partial charge in [-0.1, -0.05) is 0 Å². The number of hydrogen-bond donors (Lipinski definition) is 0. The standard InChI is InChI=1S/C12H22O2/c1-13-11-5-3-10-8-12(14-2)6-4-9(10)7-11/h9-12H,3-8H2,1-2H3/t9-,10?,11?,12?/m0/s1. The molecule has 2 heteroatoms. The Morgan fingerprint density at radius 1 is 0.714 bits per heavy atom. The highest BCUT2D eigenvalue weighted by atomic mass is 16.5. The van der Waals surface area contributed by atoms with Crippen LogP contribution in [0, 0.1) is 11.8 Å². The van der Waals surface area contributed by atoms with Gasteiger partial charge in [0.05, 0.1) is 12.2 Å². The number of fused-ring (bicyclic) bond motifs is 1. The summed E-state index contributed by atoms with van der Waals surface area (Å²) in [6.45, 7) is 0. The molecule has 2 fully saturated rings. The van der Waals surface area contributed by atoms with Crippen LogP contribution in [0.2, 0.25) is 0 Å². The Morgan fingerprint density at radius 2 is 1.14 bits per heavy atom. The number of ether oxygens (including phenoxy) is 2. The molecule has 4 atom stereocenters. The smallest absolute Gasteiger partial charge is 0.0574 e. The van der Waals surface area contributed by atoms with Crippen LogP contribution >= 0.6 is 0 Å². The fraction of sp³-hybridized carbons (Fsp3) is 1.00. The van der Waals surface area contributed by atoms with Crippen LogP contribution in [0.4, 0.5) is 0 Å². The first kappa shape index (κ1) is 10.4. The molecular formula is C12H22O2. The number of rotatable bonds is 2. The van der Waals surface area contributed by atoms with Gasteiger partial charge in [-0.2, -0.15) is 0 Å². The van der Waals surface area contributed by atoms with Gasteiger partial charge in [0.1, 0.15) is 0 Å². The van der Waals surface area contributed by atoms with Crippen molar-refractivity contribution in [1.29, 1.82) is 0 Å². The Hall–Kier alpha value is -0.0800. The summed E-state index contributed by atoms with van der Waals surface area (Å²) in [7, 11) is 3.71.